The van der Waals surface area contributed by atoms with Gasteiger partial charge in [-0.1, -0.05) is 0 Å². The summed E-state index contributed by atoms with van der Waals surface area (Å²) in [6, 6.07) is 4.96. The van der Waals surface area contributed by atoms with Gasteiger partial charge in [0, 0.05) is 23.5 Å². The van der Waals surface area contributed by atoms with Gasteiger partial charge in [0.1, 0.15) is 12.3 Å². The molecule has 0 bridgehead atoms. The van der Waals surface area contributed by atoms with Gasteiger partial charge in [0.2, 0.25) is 0 Å². The molecule has 2 aromatic rings. The Morgan fingerprint density at radius 3 is 2.63 bits per heavy atom. The Bertz CT molecular complexity index is 578. The minimum Gasteiger partial charge on any atom is -0.497 e. The van der Waals surface area contributed by atoms with Gasteiger partial charge < -0.3 is 10.5 Å². The quantitative estimate of drug-likeness (QED) is 0.873. The van der Waals surface area contributed by atoms with Crippen LogP contribution >= 0.6 is 0 Å². The van der Waals surface area contributed by atoms with Crippen LogP contribution in [0.5, 0.6) is 5.75 Å². The van der Waals surface area contributed by atoms with Crippen molar-refractivity contribution in [3.05, 3.63) is 30.6 Å². The van der Waals surface area contributed by atoms with Crippen molar-refractivity contribution >= 4 is 5.69 Å². The Hall–Kier alpha value is -2.18. The molecule has 4 nitrogen and oxygen atoms in total. The number of methoxy groups -OCH3 is 1. The van der Waals surface area contributed by atoms with Gasteiger partial charge in [-0.05, 0) is 17.7 Å². The molecule has 0 aliphatic rings. The van der Waals surface area contributed by atoms with Crippen molar-refractivity contribution < 1.29 is 17.9 Å². The number of benzene rings is 1. The first-order chi connectivity index (χ1) is 8.87. The highest BCUT2D eigenvalue weighted by Gasteiger charge is 2.28. The zero-order valence-electron chi connectivity index (χ0n) is 10.1. The smallest absolute Gasteiger partial charge is 0.408 e. The van der Waals surface area contributed by atoms with E-state index in [4.69, 9.17) is 10.5 Å². The van der Waals surface area contributed by atoms with E-state index in [-0.39, 0.29) is 0 Å². The highest BCUT2D eigenvalue weighted by atomic mass is 19.4. The van der Waals surface area contributed by atoms with Crippen LogP contribution in [0.4, 0.5) is 18.9 Å². The summed E-state index contributed by atoms with van der Waals surface area (Å²) in [6.07, 6.45) is -1.61. The number of rotatable bonds is 3. The van der Waals surface area contributed by atoms with Gasteiger partial charge in [0.25, 0.3) is 0 Å². The highest BCUT2D eigenvalue weighted by Crippen LogP contribution is 2.27. The maximum atomic E-state index is 12.2. The fourth-order valence-electron chi connectivity index (χ4n) is 1.69. The molecule has 7 heteroatoms. The minimum atomic E-state index is -4.29. The van der Waals surface area contributed by atoms with Gasteiger partial charge in [0.05, 0.1) is 13.3 Å². The molecular formula is C12H12F3N3O. The van der Waals surface area contributed by atoms with E-state index in [1.165, 1.54) is 19.5 Å². The first kappa shape index (κ1) is 13.3. The van der Waals surface area contributed by atoms with Gasteiger partial charge in [0.15, 0.2) is 0 Å². The molecule has 0 unspecified atom stereocenters. The third-order valence-corrected chi connectivity index (χ3v) is 2.47. The molecule has 0 aliphatic heterocycles. The molecule has 0 saturated heterocycles. The van der Waals surface area contributed by atoms with Crippen LogP contribution in [0.1, 0.15) is 0 Å². The molecule has 0 saturated carbocycles. The lowest BCUT2D eigenvalue weighted by Gasteiger charge is -2.06. The predicted octanol–water partition coefficient (Wildman–Crippen LogP) is 2.70. The third-order valence-electron chi connectivity index (χ3n) is 2.47. The van der Waals surface area contributed by atoms with Crippen LogP contribution < -0.4 is 10.5 Å². The average molecular weight is 271 g/mol. The molecule has 0 radical (unpaired) electrons. The Labute approximate surface area is 107 Å². The maximum Gasteiger partial charge on any atom is 0.408 e. The molecule has 102 valence electrons. The van der Waals surface area contributed by atoms with E-state index in [2.05, 4.69) is 5.10 Å². The SMILES string of the molecule is COc1cc(N)cc(-c2cnn(CC(F)(F)F)c2)c1. The van der Waals surface area contributed by atoms with Crippen LogP contribution in [0, 0.1) is 0 Å². The van der Waals surface area contributed by atoms with Crippen molar-refractivity contribution in [2.75, 3.05) is 12.8 Å². The van der Waals surface area contributed by atoms with Gasteiger partial charge >= 0.3 is 6.18 Å². The fourth-order valence-corrected chi connectivity index (χ4v) is 1.69. The Morgan fingerprint density at radius 1 is 1.26 bits per heavy atom. The summed E-state index contributed by atoms with van der Waals surface area (Å²) in [5, 5.41) is 3.68. The van der Waals surface area contributed by atoms with Crippen molar-refractivity contribution in [2.24, 2.45) is 0 Å². The molecule has 19 heavy (non-hydrogen) atoms. The van der Waals surface area contributed by atoms with Crippen molar-refractivity contribution in [3.63, 3.8) is 0 Å². The summed E-state index contributed by atoms with van der Waals surface area (Å²) < 4.78 is 42.6. The number of halogens is 3. The van der Waals surface area contributed by atoms with E-state index in [1.807, 2.05) is 0 Å². The Kier molecular flexibility index (Phi) is 3.37. The third kappa shape index (κ3) is 3.40. The summed E-state index contributed by atoms with van der Waals surface area (Å²) in [7, 11) is 1.49. The van der Waals surface area contributed by atoms with Crippen LogP contribution in [0.15, 0.2) is 30.6 Å². The highest BCUT2D eigenvalue weighted by molar-refractivity contribution is 5.68. The van der Waals surface area contributed by atoms with Crippen molar-refractivity contribution in [2.45, 2.75) is 12.7 Å². The number of nitrogen functional groups attached to an aromatic ring is 1. The van der Waals surface area contributed by atoms with Crippen molar-refractivity contribution in [1.29, 1.82) is 0 Å². The molecule has 0 amide bonds. The van der Waals surface area contributed by atoms with E-state index in [1.54, 1.807) is 18.2 Å². The van der Waals surface area contributed by atoms with Crippen molar-refractivity contribution in [1.82, 2.24) is 9.78 Å². The second-order valence-electron chi connectivity index (χ2n) is 4.04. The second-order valence-corrected chi connectivity index (χ2v) is 4.04. The lowest BCUT2D eigenvalue weighted by atomic mass is 10.1. The molecule has 1 aromatic carbocycles. The van der Waals surface area contributed by atoms with Crippen LogP contribution in [0.3, 0.4) is 0 Å². The molecule has 2 N–H and O–H groups in total. The summed E-state index contributed by atoms with van der Waals surface area (Å²) >= 11 is 0. The number of hydrogen-bond donors (Lipinski definition) is 1. The first-order valence-electron chi connectivity index (χ1n) is 5.41. The summed E-state index contributed by atoms with van der Waals surface area (Å²) in [6.45, 7) is -1.12. The second kappa shape index (κ2) is 4.83. The Morgan fingerprint density at radius 2 is 2.00 bits per heavy atom. The van der Waals surface area contributed by atoms with Gasteiger partial charge in [-0.3, -0.25) is 4.68 Å². The zero-order chi connectivity index (χ0) is 14.0. The van der Waals surface area contributed by atoms with Gasteiger partial charge in [-0.15, -0.1) is 0 Å². The number of alkyl halides is 3. The van der Waals surface area contributed by atoms with Crippen LogP contribution in [0.25, 0.3) is 11.1 Å². The van der Waals surface area contributed by atoms with Crippen LogP contribution in [0.2, 0.25) is 0 Å². The number of anilines is 1. The normalized spacial score (nSPS) is 11.6. The van der Waals surface area contributed by atoms with E-state index in [0.29, 0.717) is 22.6 Å². The number of hydrogen-bond acceptors (Lipinski definition) is 3. The first-order valence-corrected chi connectivity index (χ1v) is 5.41. The number of nitrogens with zero attached hydrogens (tertiary/aromatic N) is 2. The number of aromatic nitrogens is 2. The zero-order valence-corrected chi connectivity index (χ0v) is 10.1. The molecule has 0 fully saturated rings. The van der Waals surface area contributed by atoms with Crippen LogP contribution in [-0.2, 0) is 6.54 Å². The molecule has 0 spiro atoms. The summed E-state index contributed by atoms with van der Waals surface area (Å²) in [5.74, 6) is 0.540. The molecule has 1 aromatic heterocycles. The van der Waals surface area contributed by atoms with Gasteiger partial charge in [-0.25, -0.2) is 0 Å². The molecule has 2 rings (SSSR count). The maximum absolute atomic E-state index is 12.2. The number of ether oxygens (including phenoxy) is 1. The average Bonchev–Trinajstić information content (AvgIpc) is 2.74. The minimum absolute atomic E-state index is 0.470. The van der Waals surface area contributed by atoms with Crippen LogP contribution in [-0.4, -0.2) is 23.1 Å². The largest absolute Gasteiger partial charge is 0.497 e. The van der Waals surface area contributed by atoms with Gasteiger partial charge in [-0.2, -0.15) is 18.3 Å². The van der Waals surface area contributed by atoms with E-state index >= 15 is 0 Å². The summed E-state index contributed by atoms with van der Waals surface area (Å²) in [5.41, 5.74) is 7.37. The lowest BCUT2D eigenvalue weighted by molar-refractivity contribution is -0.142. The van der Waals surface area contributed by atoms with E-state index < -0.39 is 12.7 Å². The molecular weight excluding hydrogens is 259 g/mol. The monoisotopic (exact) mass is 271 g/mol. The Balaban J connectivity index is 2.30. The topological polar surface area (TPSA) is 53.1 Å². The van der Waals surface area contributed by atoms with Crippen molar-refractivity contribution in [3.8, 4) is 16.9 Å². The molecule has 0 atom stereocenters. The molecule has 1 heterocycles. The van der Waals surface area contributed by atoms with E-state index in [0.717, 1.165) is 4.68 Å². The predicted molar refractivity (Wildman–Crippen MR) is 64.7 cm³/mol. The summed E-state index contributed by atoms with van der Waals surface area (Å²) in [4.78, 5) is 0. The fraction of sp³-hybridized carbons (Fsp3) is 0.250. The molecule has 0 aliphatic carbocycles. The number of nitrogens with two attached hydrogens (primary N) is 1. The lowest BCUT2D eigenvalue weighted by Crippen LogP contribution is -2.17. The standard InChI is InChI=1S/C12H12F3N3O/c1-19-11-3-8(2-10(16)4-11)9-5-17-18(6-9)7-12(13,14)15/h2-6H,7,16H2,1H3. The van der Waals surface area contributed by atoms with E-state index in [9.17, 15) is 13.2 Å².